The second-order valence-electron chi connectivity index (χ2n) is 10.9. The van der Waals surface area contributed by atoms with Gasteiger partial charge in [0.25, 0.3) is 0 Å². The summed E-state index contributed by atoms with van der Waals surface area (Å²) in [7, 11) is 0. The van der Waals surface area contributed by atoms with Gasteiger partial charge in [0.2, 0.25) is 6.41 Å². The van der Waals surface area contributed by atoms with Crippen LogP contribution in [0.1, 0.15) is 83.3 Å². The maximum atomic E-state index is 13.4. The maximum absolute atomic E-state index is 13.4. The van der Waals surface area contributed by atoms with Crippen molar-refractivity contribution in [3.8, 4) is 0 Å². The molecule has 2 nitrogen and oxygen atoms in total. The molecule has 2 fully saturated rings. The van der Waals surface area contributed by atoms with Crippen molar-refractivity contribution in [3.05, 3.63) is 82.9 Å². The minimum Gasteiger partial charge on any atom is -0.345 e. The fraction of sp³-hybridized carbons (Fsp3) is 0.516. The topological polar surface area (TPSA) is 20.3 Å². The summed E-state index contributed by atoms with van der Waals surface area (Å²) in [5.41, 5.74) is 2.61. The van der Waals surface area contributed by atoms with Crippen molar-refractivity contribution in [3.63, 3.8) is 0 Å². The zero-order valence-electron chi connectivity index (χ0n) is 23.0. The summed E-state index contributed by atoms with van der Waals surface area (Å²) in [4.78, 5) is 12.6. The Bertz CT molecular complexity index is 1030. The van der Waals surface area contributed by atoms with Gasteiger partial charge >= 0.3 is 0 Å². The predicted octanol–water partition coefficient (Wildman–Crippen LogP) is 8.63. The van der Waals surface area contributed by atoms with Gasteiger partial charge in [-0.05, 0) is 78.2 Å². The largest absolute Gasteiger partial charge is 0.345 e. The van der Waals surface area contributed by atoms with Gasteiger partial charge in [0.1, 0.15) is 11.6 Å². The van der Waals surface area contributed by atoms with Crippen molar-refractivity contribution in [1.82, 2.24) is 4.90 Å². The van der Waals surface area contributed by atoms with Crippen LogP contribution in [0.4, 0.5) is 17.6 Å². The van der Waals surface area contributed by atoms with Crippen LogP contribution in [0.3, 0.4) is 0 Å². The smallest absolute Gasteiger partial charge is 0.209 e. The van der Waals surface area contributed by atoms with Gasteiger partial charge in [0, 0.05) is 56.9 Å². The minimum absolute atomic E-state index is 0. The predicted molar refractivity (Wildman–Crippen MR) is 142 cm³/mol. The maximum Gasteiger partial charge on any atom is 0.209 e. The number of allylic oxidation sites excluding steroid dienone is 1. The molecule has 215 valence electrons. The Morgan fingerprint density at radius 1 is 0.974 bits per heavy atom. The van der Waals surface area contributed by atoms with Crippen LogP contribution in [-0.2, 0) is 4.79 Å². The Morgan fingerprint density at radius 2 is 1.58 bits per heavy atom. The zero-order valence-corrected chi connectivity index (χ0v) is 25.0. The van der Waals surface area contributed by atoms with Crippen LogP contribution in [0.5, 0.6) is 0 Å². The number of likely N-dealkylation sites (tertiary alicyclic amines) is 1. The van der Waals surface area contributed by atoms with E-state index in [0.717, 1.165) is 43.2 Å². The summed E-state index contributed by atoms with van der Waals surface area (Å²) in [5.74, 6) is -0.830. The molecule has 1 saturated carbocycles. The molecule has 1 unspecified atom stereocenters. The van der Waals surface area contributed by atoms with Crippen LogP contribution in [0, 0.1) is 78.8 Å². The van der Waals surface area contributed by atoms with E-state index in [1.54, 1.807) is 17.0 Å². The molecule has 4 rings (SSSR count). The van der Waals surface area contributed by atoms with E-state index in [9.17, 15) is 22.4 Å². The van der Waals surface area contributed by atoms with E-state index in [1.807, 2.05) is 13.8 Å². The molecule has 38 heavy (non-hydrogen) atoms. The number of piperidine rings is 1. The molecule has 1 saturated heterocycles. The number of halogens is 4. The molecule has 1 heterocycles. The summed E-state index contributed by atoms with van der Waals surface area (Å²) in [6.45, 7) is 15.9. The first-order valence-electron chi connectivity index (χ1n) is 13.2. The van der Waals surface area contributed by atoms with Crippen molar-refractivity contribution in [1.29, 1.82) is 0 Å². The van der Waals surface area contributed by atoms with E-state index in [-0.39, 0.29) is 61.4 Å². The summed E-state index contributed by atoms with van der Waals surface area (Å²) >= 11 is 0. The molecule has 7 heteroatoms. The Hall–Kier alpha value is -1.37. The van der Waals surface area contributed by atoms with Crippen LogP contribution >= 0.6 is 0 Å². The number of nitrogens with zero attached hydrogens (tertiary/aromatic N) is 1. The molecule has 1 amide bonds. The average Bonchev–Trinajstić information content (AvgIpc) is 3.27. The molecule has 0 spiro atoms. The molecule has 4 atom stereocenters. The van der Waals surface area contributed by atoms with E-state index < -0.39 is 23.3 Å². The van der Waals surface area contributed by atoms with Gasteiger partial charge in [-0.1, -0.05) is 65.3 Å². The molecular formula is C31H41F4HoNO. The molecule has 0 N–H and O–H groups in total. The molecule has 1 aliphatic heterocycles. The Morgan fingerprint density at radius 3 is 2.03 bits per heavy atom. The molecule has 2 aromatic carbocycles. The van der Waals surface area contributed by atoms with E-state index >= 15 is 0 Å². The van der Waals surface area contributed by atoms with Gasteiger partial charge in [-0.3, -0.25) is 4.79 Å². The SMILES string of the molecule is C=C1CC[C@H](c2ccc(F)cc2F)C1.CCC(C)C.C[C@@H]1CN(C=O)C[C@H](C)C1c1ccc(F)c(F)c1.[Ho]. The summed E-state index contributed by atoms with van der Waals surface area (Å²) in [6.07, 6.45) is 4.89. The number of carbonyl (C=O) groups is 1. The summed E-state index contributed by atoms with van der Waals surface area (Å²) in [5, 5.41) is 0. The van der Waals surface area contributed by atoms with E-state index in [1.165, 1.54) is 30.2 Å². The number of hydrogen-bond acceptors (Lipinski definition) is 1. The minimum atomic E-state index is -0.815. The third-order valence-corrected chi connectivity index (χ3v) is 7.35. The van der Waals surface area contributed by atoms with Gasteiger partial charge in [-0.15, -0.1) is 0 Å². The van der Waals surface area contributed by atoms with Gasteiger partial charge in [0.15, 0.2) is 11.6 Å². The van der Waals surface area contributed by atoms with Gasteiger partial charge < -0.3 is 4.90 Å². The Labute approximate surface area is 255 Å². The Balaban J connectivity index is 0.000000322. The third kappa shape index (κ3) is 10.3. The fourth-order valence-corrected chi connectivity index (χ4v) is 5.09. The zero-order chi connectivity index (χ0) is 27.7. The van der Waals surface area contributed by atoms with Crippen LogP contribution < -0.4 is 0 Å². The number of benzene rings is 2. The Kier molecular flexibility index (Phi) is 15.2. The van der Waals surface area contributed by atoms with Crippen molar-refractivity contribution < 1.29 is 60.1 Å². The first-order chi connectivity index (χ1) is 17.5. The quantitative estimate of drug-likeness (QED) is 0.137. The van der Waals surface area contributed by atoms with Crippen LogP contribution in [-0.4, -0.2) is 24.4 Å². The molecule has 2 aliphatic rings. The summed E-state index contributed by atoms with van der Waals surface area (Å²) in [6, 6.07) is 7.93. The number of carbonyl (C=O) groups excluding carboxylic acids is 1. The van der Waals surface area contributed by atoms with Crippen LogP contribution in [0.25, 0.3) is 0 Å². The number of hydrogen-bond donors (Lipinski definition) is 0. The first-order valence-corrected chi connectivity index (χ1v) is 13.2. The van der Waals surface area contributed by atoms with Gasteiger partial charge in [0.05, 0.1) is 0 Å². The molecule has 1 aliphatic carbocycles. The van der Waals surface area contributed by atoms with Crippen molar-refractivity contribution in [2.45, 2.75) is 72.1 Å². The molecule has 1 radical (unpaired) electrons. The number of rotatable bonds is 4. The van der Waals surface area contributed by atoms with Gasteiger partial charge in [-0.25, -0.2) is 17.6 Å². The molecule has 0 aromatic heterocycles. The fourth-order valence-electron chi connectivity index (χ4n) is 5.09. The summed E-state index contributed by atoms with van der Waals surface area (Å²) < 4.78 is 52.3. The van der Waals surface area contributed by atoms with Crippen molar-refractivity contribution >= 4 is 6.41 Å². The average molecular weight is 685 g/mol. The monoisotopic (exact) mass is 684 g/mol. The molecule has 2 aromatic rings. The van der Waals surface area contributed by atoms with E-state index in [2.05, 4.69) is 27.4 Å². The van der Waals surface area contributed by atoms with Crippen molar-refractivity contribution in [2.75, 3.05) is 13.1 Å². The van der Waals surface area contributed by atoms with Crippen LogP contribution in [0.2, 0.25) is 0 Å². The van der Waals surface area contributed by atoms with E-state index in [4.69, 9.17) is 0 Å². The normalized spacial score (nSPS) is 22.6. The second kappa shape index (κ2) is 16.7. The standard InChI is InChI=1S/C14H17F2NO.C12H12F2.C5H12.Ho/c1-9-6-17(8-18)7-10(2)14(9)11-3-4-12(15)13(16)5-11;1-8-2-3-9(6-8)11-5-4-10(13)7-12(11)14;1-4-5(2)3;/h3-5,8-10,14H,6-7H2,1-2H3;4-5,7,9H,1-3,6H2;5H,4H2,1-3H3;/t9-,10+,14?;9-;;/m.0../s1. The van der Waals surface area contributed by atoms with Crippen molar-refractivity contribution in [2.24, 2.45) is 17.8 Å². The van der Waals surface area contributed by atoms with Crippen LogP contribution in [0.15, 0.2) is 48.6 Å². The molecular weight excluding hydrogens is 643 g/mol. The second-order valence-corrected chi connectivity index (χ2v) is 10.9. The third-order valence-electron chi connectivity index (χ3n) is 7.35. The first kappa shape index (κ1) is 34.7. The van der Waals surface area contributed by atoms with Gasteiger partial charge in [-0.2, -0.15) is 0 Å². The molecule has 0 bridgehead atoms. The van der Waals surface area contributed by atoms with E-state index in [0.29, 0.717) is 18.7 Å². The number of amides is 1.